The third-order valence-corrected chi connectivity index (χ3v) is 1.10. The van der Waals surface area contributed by atoms with Gasteiger partial charge in [-0.15, -0.1) is 0 Å². The van der Waals surface area contributed by atoms with Crippen molar-refractivity contribution >= 4 is 0 Å². The molecule has 0 radical (unpaired) electrons. The Morgan fingerprint density at radius 3 is 2.25 bits per heavy atom. The van der Waals surface area contributed by atoms with Crippen molar-refractivity contribution in [1.82, 2.24) is 5.32 Å². The first-order chi connectivity index (χ1) is 3.89. The van der Waals surface area contributed by atoms with Gasteiger partial charge in [0, 0.05) is 12.6 Å². The molecule has 0 aromatic heterocycles. The van der Waals surface area contributed by atoms with Gasteiger partial charge in [0.1, 0.15) is 0 Å². The van der Waals surface area contributed by atoms with Crippen molar-refractivity contribution in [2.24, 2.45) is 5.73 Å². The average Bonchev–Trinajstić information content (AvgIpc) is 2.24. The summed E-state index contributed by atoms with van der Waals surface area (Å²) in [6.07, 6.45) is 1.15. The minimum Gasteiger partial charge on any atom is -0.327 e. The van der Waals surface area contributed by atoms with Gasteiger partial charge in [-0.1, -0.05) is 13.8 Å². The van der Waals surface area contributed by atoms with Crippen molar-refractivity contribution in [3.05, 3.63) is 0 Å². The van der Waals surface area contributed by atoms with E-state index in [1.165, 1.54) is 0 Å². The molecule has 3 N–H and O–H groups in total. The maximum absolute atomic E-state index is 5.47. The van der Waals surface area contributed by atoms with Gasteiger partial charge in [-0.2, -0.15) is 0 Å². The van der Waals surface area contributed by atoms with Crippen molar-refractivity contribution in [1.29, 1.82) is 0 Å². The van der Waals surface area contributed by atoms with Crippen LogP contribution < -0.4 is 11.1 Å². The summed E-state index contributed by atoms with van der Waals surface area (Å²) in [6.45, 7) is 6.13. The number of hydrogen-bond acceptors (Lipinski definition) is 2. The van der Waals surface area contributed by atoms with Crippen LogP contribution in [0.5, 0.6) is 0 Å². The van der Waals surface area contributed by atoms with Crippen LogP contribution in [-0.4, -0.2) is 19.1 Å². The Morgan fingerprint density at radius 1 is 1.50 bits per heavy atom. The number of rotatable bonds is 0. The molecule has 1 unspecified atom stereocenters. The van der Waals surface area contributed by atoms with Crippen molar-refractivity contribution in [3.63, 3.8) is 0 Å². The fourth-order valence-electron chi connectivity index (χ4n) is 0.677. The fraction of sp³-hybridized carbons (Fsp3) is 1.00. The van der Waals surface area contributed by atoms with Crippen molar-refractivity contribution in [2.45, 2.75) is 26.3 Å². The Balaban J connectivity index is 0.000000222. The van der Waals surface area contributed by atoms with Crippen LogP contribution in [0.25, 0.3) is 0 Å². The van der Waals surface area contributed by atoms with E-state index in [2.05, 4.69) is 5.32 Å². The molecule has 0 saturated carbocycles. The lowest BCUT2D eigenvalue weighted by Gasteiger charge is -1.91. The van der Waals surface area contributed by atoms with Gasteiger partial charge in [0.2, 0.25) is 0 Å². The van der Waals surface area contributed by atoms with Crippen molar-refractivity contribution in [3.8, 4) is 0 Å². The predicted molar refractivity (Wildman–Crippen MR) is 36.8 cm³/mol. The minimum atomic E-state index is 0.435. The lowest BCUT2D eigenvalue weighted by molar-refractivity contribution is 0.742. The highest BCUT2D eigenvalue weighted by molar-refractivity contribution is 4.72. The van der Waals surface area contributed by atoms with E-state index in [-0.39, 0.29) is 0 Å². The van der Waals surface area contributed by atoms with Crippen molar-refractivity contribution in [2.75, 3.05) is 13.1 Å². The summed E-state index contributed by atoms with van der Waals surface area (Å²) in [5.74, 6) is 0. The molecule has 0 aromatic carbocycles. The molecule has 0 aliphatic carbocycles. The van der Waals surface area contributed by atoms with Gasteiger partial charge in [0.15, 0.2) is 0 Å². The first-order valence-corrected chi connectivity index (χ1v) is 3.36. The summed E-state index contributed by atoms with van der Waals surface area (Å²) in [5.41, 5.74) is 5.47. The quantitative estimate of drug-likeness (QED) is 0.479. The normalized spacial score (nSPS) is 26.6. The van der Waals surface area contributed by atoms with E-state index in [9.17, 15) is 0 Å². The summed E-state index contributed by atoms with van der Waals surface area (Å²) in [6, 6.07) is 0.435. The van der Waals surface area contributed by atoms with Gasteiger partial charge < -0.3 is 11.1 Å². The molecule has 0 aromatic rings. The Morgan fingerprint density at radius 2 is 2.12 bits per heavy atom. The zero-order chi connectivity index (χ0) is 6.41. The molecule has 1 heterocycles. The molecule has 1 aliphatic heterocycles. The maximum atomic E-state index is 5.47. The molecular weight excluding hydrogens is 100 g/mol. The highest BCUT2D eigenvalue weighted by Crippen LogP contribution is 1.90. The number of nitrogens with two attached hydrogens (primary N) is 1. The zero-order valence-corrected chi connectivity index (χ0v) is 5.78. The van der Waals surface area contributed by atoms with Crippen LogP contribution in [0.1, 0.15) is 20.3 Å². The Hall–Kier alpha value is -0.0800. The largest absolute Gasteiger partial charge is 0.327 e. The SMILES string of the molecule is CC.NC1CCNC1. The molecule has 1 atom stereocenters. The summed E-state index contributed by atoms with van der Waals surface area (Å²) >= 11 is 0. The molecule has 1 aliphatic rings. The van der Waals surface area contributed by atoms with Crippen LogP contribution in [0.4, 0.5) is 0 Å². The first-order valence-electron chi connectivity index (χ1n) is 3.36. The first kappa shape index (κ1) is 7.92. The average molecular weight is 116 g/mol. The maximum Gasteiger partial charge on any atom is 0.0177 e. The lowest BCUT2D eigenvalue weighted by atomic mass is 10.3. The van der Waals surface area contributed by atoms with Crippen LogP contribution in [0.3, 0.4) is 0 Å². The topological polar surface area (TPSA) is 38.0 Å². The van der Waals surface area contributed by atoms with Gasteiger partial charge in [0.05, 0.1) is 0 Å². The number of nitrogens with one attached hydrogen (secondary N) is 1. The van der Waals surface area contributed by atoms with Crippen molar-refractivity contribution < 1.29 is 0 Å². The standard InChI is InChI=1S/C4H10N2.C2H6/c5-4-1-2-6-3-4;1-2/h4,6H,1-3,5H2;1-2H3. The molecule has 0 amide bonds. The van der Waals surface area contributed by atoms with Crippen LogP contribution in [0.15, 0.2) is 0 Å². The molecule has 0 spiro atoms. The van der Waals surface area contributed by atoms with E-state index >= 15 is 0 Å². The monoisotopic (exact) mass is 116 g/mol. The van der Waals surface area contributed by atoms with Gasteiger partial charge in [-0.25, -0.2) is 0 Å². The summed E-state index contributed by atoms with van der Waals surface area (Å²) in [5, 5.41) is 3.15. The fourth-order valence-corrected chi connectivity index (χ4v) is 0.677. The second kappa shape index (κ2) is 5.06. The molecule has 2 nitrogen and oxygen atoms in total. The van der Waals surface area contributed by atoms with E-state index in [4.69, 9.17) is 5.73 Å². The molecule has 8 heavy (non-hydrogen) atoms. The Labute approximate surface area is 51.5 Å². The second-order valence-corrected chi connectivity index (χ2v) is 1.75. The van der Waals surface area contributed by atoms with Crippen LogP contribution >= 0.6 is 0 Å². The van der Waals surface area contributed by atoms with Gasteiger partial charge >= 0.3 is 0 Å². The zero-order valence-electron chi connectivity index (χ0n) is 5.78. The third-order valence-electron chi connectivity index (χ3n) is 1.10. The van der Waals surface area contributed by atoms with Gasteiger partial charge in [0.25, 0.3) is 0 Å². The van der Waals surface area contributed by atoms with E-state index < -0.39 is 0 Å². The van der Waals surface area contributed by atoms with E-state index in [1.807, 2.05) is 13.8 Å². The minimum absolute atomic E-state index is 0.435. The number of hydrogen-bond donors (Lipinski definition) is 2. The summed E-state index contributed by atoms with van der Waals surface area (Å²) in [4.78, 5) is 0. The van der Waals surface area contributed by atoms with E-state index in [0.29, 0.717) is 6.04 Å². The molecule has 1 fully saturated rings. The van der Waals surface area contributed by atoms with Gasteiger partial charge in [-0.3, -0.25) is 0 Å². The molecule has 0 bridgehead atoms. The smallest absolute Gasteiger partial charge is 0.0177 e. The Bertz CT molecular complexity index is 39.8. The highest BCUT2D eigenvalue weighted by Gasteiger charge is 2.06. The predicted octanol–water partition coefficient (Wildman–Crippen LogP) is 0.333. The lowest BCUT2D eigenvalue weighted by Crippen LogP contribution is -2.21. The molecule has 1 saturated heterocycles. The molecule has 2 heteroatoms. The molecular formula is C6H16N2. The molecule has 1 rings (SSSR count). The third kappa shape index (κ3) is 2.99. The van der Waals surface area contributed by atoms with Crippen LogP contribution in [0, 0.1) is 0 Å². The summed E-state index contributed by atoms with van der Waals surface area (Å²) in [7, 11) is 0. The molecule has 50 valence electrons. The van der Waals surface area contributed by atoms with Crippen LogP contribution in [0.2, 0.25) is 0 Å². The van der Waals surface area contributed by atoms with E-state index in [1.54, 1.807) is 0 Å². The second-order valence-electron chi connectivity index (χ2n) is 1.75. The summed E-state index contributed by atoms with van der Waals surface area (Å²) < 4.78 is 0. The Kier molecular flexibility index (Phi) is 5.01. The van der Waals surface area contributed by atoms with Crippen LogP contribution in [-0.2, 0) is 0 Å². The van der Waals surface area contributed by atoms with E-state index in [0.717, 1.165) is 19.5 Å². The highest BCUT2D eigenvalue weighted by atomic mass is 14.9. The van der Waals surface area contributed by atoms with Gasteiger partial charge in [-0.05, 0) is 13.0 Å².